The van der Waals surface area contributed by atoms with Gasteiger partial charge in [0.2, 0.25) is 0 Å². The van der Waals surface area contributed by atoms with Gasteiger partial charge in [-0.2, -0.15) is 0 Å². The van der Waals surface area contributed by atoms with Crippen LogP contribution in [0.4, 0.5) is 4.39 Å². The molecular weight excluding hydrogens is 191 g/mol. The smallest absolute Gasteiger partial charge is 0.180 e. The number of carbonyl (C=O) groups is 1. The number of halogens is 2. The van der Waals surface area contributed by atoms with Crippen molar-refractivity contribution < 1.29 is 9.18 Å². The third kappa shape index (κ3) is 2.81. The molecule has 0 bridgehead atoms. The average Bonchev–Trinajstić information content (AvgIpc) is 2.18. The number of rotatable bonds is 4. The van der Waals surface area contributed by atoms with Crippen molar-refractivity contribution in [3.8, 4) is 0 Å². The van der Waals surface area contributed by atoms with Crippen LogP contribution in [-0.4, -0.2) is 17.8 Å². The minimum atomic E-state index is -0.743. The second-order valence-corrected chi connectivity index (χ2v) is 3.20. The highest BCUT2D eigenvalue weighted by Gasteiger charge is 2.16. The number of hydrogen-bond acceptors (Lipinski definition) is 1. The molecule has 0 saturated heterocycles. The van der Waals surface area contributed by atoms with Gasteiger partial charge in [0.25, 0.3) is 0 Å². The predicted octanol–water partition coefficient (Wildman–Crippen LogP) is 2.84. The van der Waals surface area contributed by atoms with Gasteiger partial charge in [0.05, 0.1) is 12.1 Å². The first-order valence-electron chi connectivity index (χ1n) is 4.05. The second-order valence-electron chi connectivity index (χ2n) is 2.68. The quantitative estimate of drug-likeness (QED) is 0.540. The van der Waals surface area contributed by atoms with Crippen LogP contribution in [0.25, 0.3) is 0 Å². The summed E-state index contributed by atoms with van der Waals surface area (Å²) >= 11 is 5.68. The Morgan fingerprint density at radius 1 is 1.38 bits per heavy atom. The van der Waals surface area contributed by atoms with Crippen molar-refractivity contribution in [3.63, 3.8) is 0 Å². The molecule has 1 nitrogen and oxygen atoms in total. The van der Waals surface area contributed by atoms with Crippen LogP contribution in [0.3, 0.4) is 0 Å². The van der Waals surface area contributed by atoms with Gasteiger partial charge >= 0.3 is 0 Å². The Hall–Kier alpha value is -0.890. The molecule has 0 radical (unpaired) electrons. The molecule has 0 heterocycles. The van der Waals surface area contributed by atoms with Gasteiger partial charge in [0.1, 0.15) is 0 Å². The Morgan fingerprint density at radius 2 is 2.00 bits per heavy atom. The second kappa shape index (κ2) is 4.97. The van der Waals surface area contributed by atoms with E-state index in [4.69, 9.17) is 11.6 Å². The van der Waals surface area contributed by atoms with Crippen LogP contribution in [0.5, 0.6) is 0 Å². The lowest BCUT2D eigenvalue weighted by Crippen LogP contribution is -2.15. The van der Waals surface area contributed by atoms with E-state index >= 15 is 0 Å². The van der Waals surface area contributed by atoms with Crippen molar-refractivity contribution >= 4 is 17.4 Å². The normalized spacial score (nSPS) is 12.5. The lowest BCUT2D eigenvalue weighted by Gasteiger charge is -2.05. The summed E-state index contributed by atoms with van der Waals surface area (Å²) in [7, 11) is 0. The van der Waals surface area contributed by atoms with E-state index in [-0.39, 0.29) is 12.2 Å². The molecule has 13 heavy (non-hydrogen) atoms. The number of alkyl halides is 2. The number of Topliss-reactive ketones (excluding diaryl/α,β-unsaturated/α-hetero) is 1. The van der Waals surface area contributed by atoms with Crippen molar-refractivity contribution in [3.05, 3.63) is 35.9 Å². The Kier molecular flexibility index (Phi) is 3.90. The van der Waals surface area contributed by atoms with Gasteiger partial charge in [-0.15, -0.1) is 11.6 Å². The summed E-state index contributed by atoms with van der Waals surface area (Å²) in [4.78, 5) is 11.4. The molecule has 1 aromatic carbocycles. The molecule has 1 atom stereocenters. The monoisotopic (exact) mass is 200 g/mol. The lowest BCUT2D eigenvalue weighted by molar-refractivity contribution is 0.0981. The highest BCUT2D eigenvalue weighted by atomic mass is 35.5. The summed E-state index contributed by atoms with van der Waals surface area (Å²) in [6.07, 6.45) is 0.0787. The highest BCUT2D eigenvalue weighted by molar-refractivity contribution is 6.33. The minimum absolute atomic E-state index is 0.0787. The summed E-state index contributed by atoms with van der Waals surface area (Å²) in [5, 5.41) is -0.743. The third-order valence-corrected chi connectivity index (χ3v) is 2.12. The maximum Gasteiger partial charge on any atom is 0.180 e. The van der Waals surface area contributed by atoms with Crippen LogP contribution < -0.4 is 0 Å². The highest BCUT2D eigenvalue weighted by Crippen LogP contribution is 2.11. The van der Waals surface area contributed by atoms with Crippen molar-refractivity contribution in [2.45, 2.75) is 11.8 Å². The van der Waals surface area contributed by atoms with Gasteiger partial charge in [-0.25, -0.2) is 0 Å². The average molecular weight is 201 g/mol. The van der Waals surface area contributed by atoms with Crippen LogP contribution in [0.1, 0.15) is 16.8 Å². The fourth-order valence-electron chi connectivity index (χ4n) is 1.01. The summed E-state index contributed by atoms with van der Waals surface area (Å²) < 4.78 is 11.9. The largest absolute Gasteiger partial charge is 0.293 e. The van der Waals surface area contributed by atoms with Gasteiger partial charge < -0.3 is 0 Å². The van der Waals surface area contributed by atoms with E-state index in [2.05, 4.69) is 0 Å². The van der Waals surface area contributed by atoms with E-state index in [1.165, 1.54) is 0 Å². The van der Waals surface area contributed by atoms with Crippen LogP contribution in [0.15, 0.2) is 30.3 Å². The molecule has 1 aromatic rings. The number of ketones is 1. The number of benzene rings is 1. The van der Waals surface area contributed by atoms with Crippen LogP contribution in [0, 0.1) is 0 Å². The molecule has 0 fully saturated rings. The molecule has 0 spiro atoms. The summed E-state index contributed by atoms with van der Waals surface area (Å²) in [6.45, 7) is -0.563. The Balaban J connectivity index is 2.68. The predicted molar refractivity (Wildman–Crippen MR) is 51.0 cm³/mol. The van der Waals surface area contributed by atoms with Gasteiger partial charge in [0, 0.05) is 5.56 Å². The summed E-state index contributed by atoms with van der Waals surface area (Å²) in [5.41, 5.74) is 0.538. The van der Waals surface area contributed by atoms with Gasteiger partial charge in [-0.05, 0) is 6.42 Å². The number of hydrogen-bond donors (Lipinski definition) is 0. The fraction of sp³-hybridized carbons (Fsp3) is 0.300. The molecule has 0 aliphatic carbocycles. The van der Waals surface area contributed by atoms with E-state index in [1.807, 2.05) is 6.07 Å². The molecule has 0 aromatic heterocycles. The topological polar surface area (TPSA) is 17.1 Å². The zero-order chi connectivity index (χ0) is 9.68. The summed E-state index contributed by atoms with van der Waals surface area (Å²) in [6, 6.07) is 8.68. The van der Waals surface area contributed by atoms with Crippen LogP contribution in [-0.2, 0) is 0 Å². The van der Waals surface area contributed by atoms with Crippen LogP contribution in [0.2, 0.25) is 0 Å². The Labute approximate surface area is 81.5 Å². The molecule has 0 saturated carbocycles. The zero-order valence-electron chi connectivity index (χ0n) is 7.04. The zero-order valence-corrected chi connectivity index (χ0v) is 7.80. The first-order valence-corrected chi connectivity index (χ1v) is 4.48. The van der Waals surface area contributed by atoms with Gasteiger partial charge in [-0.3, -0.25) is 9.18 Å². The van der Waals surface area contributed by atoms with E-state index in [0.29, 0.717) is 5.56 Å². The first-order chi connectivity index (χ1) is 6.25. The van der Waals surface area contributed by atoms with Crippen molar-refractivity contribution in [2.24, 2.45) is 0 Å². The molecule has 0 amide bonds. The van der Waals surface area contributed by atoms with Gasteiger partial charge in [-0.1, -0.05) is 30.3 Å². The minimum Gasteiger partial charge on any atom is -0.293 e. The first kappa shape index (κ1) is 10.2. The third-order valence-electron chi connectivity index (χ3n) is 1.71. The van der Waals surface area contributed by atoms with Gasteiger partial charge in [0.15, 0.2) is 5.78 Å². The molecule has 0 aliphatic heterocycles. The lowest BCUT2D eigenvalue weighted by atomic mass is 10.1. The maximum absolute atomic E-state index is 11.9. The Bertz CT molecular complexity index is 274. The molecule has 1 rings (SSSR count). The van der Waals surface area contributed by atoms with E-state index in [9.17, 15) is 9.18 Å². The van der Waals surface area contributed by atoms with Crippen molar-refractivity contribution in [2.75, 3.05) is 6.67 Å². The van der Waals surface area contributed by atoms with E-state index < -0.39 is 12.1 Å². The SMILES string of the molecule is O=C(c1ccccc1)[C@H](Cl)CCF. The molecule has 3 heteroatoms. The molecular formula is C10H10ClFO. The summed E-state index contributed by atoms with van der Waals surface area (Å²) in [5.74, 6) is -0.208. The van der Waals surface area contributed by atoms with E-state index in [1.54, 1.807) is 24.3 Å². The van der Waals surface area contributed by atoms with E-state index in [0.717, 1.165) is 0 Å². The molecule has 0 unspecified atom stereocenters. The van der Waals surface area contributed by atoms with Crippen molar-refractivity contribution in [1.82, 2.24) is 0 Å². The molecule has 0 aliphatic rings. The maximum atomic E-state index is 11.9. The number of carbonyl (C=O) groups excluding carboxylic acids is 1. The fourth-order valence-corrected chi connectivity index (χ4v) is 1.22. The molecule has 70 valence electrons. The van der Waals surface area contributed by atoms with Crippen molar-refractivity contribution in [1.29, 1.82) is 0 Å². The molecule has 0 N–H and O–H groups in total. The standard InChI is InChI=1S/C10H10ClFO/c11-9(6-7-12)10(13)8-4-2-1-3-5-8/h1-5,9H,6-7H2/t9-/m1/s1. The Morgan fingerprint density at radius 3 is 2.54 bits per heavy atom. The van der Waals surface area contributed by atoms with Crippen LogP contribution >= 0.6 is 11.6 Å².